The number of imidazole rings is 1. The summed E-state index contributed by atoms with van der Waals surface area (Å²) >= 11 is 1.45. The molecule has 3 aromatic rings. The van der Waals surface area contributed by atoms with Gasteiger partial charge in [0.1, 0.15) is 16.5 Å². The van der Waals surface area contributed by atoms with Gasteiger partial charge in [-0.1, -0.05) is 0 Å². The van der Waals surface area contributed by atoms with Gasteiger partial charge in [-0.05, 0) is 32.8 Å². The molecule has 1 aliphatic rings. The minimum absolute atomic E-state index is 0.0129. The lowest BCUT2D eigenvalue weighted by atomic mass is 10.1. The summed E-state index contributed by atoms with van der Waals surface area (Å²) in [4.78, 5) is 27.6. The first-order valence-corrected chi connectivity index (χ1v) is 8.90. The number of aromatic nitrogens is 4. The monoisotopic (exact) mass is 341 g/mol. The van der Waals surface area contributed by atoms with Gasteiger partial charge in [0.05, 0.1) is 4.88 Å². The maximum atomic E-state index is 12.8. The molecule has 24 heavy (non-hydrogen) atoms. The minimum atomic E-state index is -0.0129. The summed E-state index contributed by atoms with van der Waals surface area (Å²) < 4.78 is 2.12. The lowest BCUT2D eigenvalue weighted by Crippen LogP contribution is -2.40. The van der Waals surface area contributed by atoms with Crippen molar-refractivity contribution < 1.29 is 4.79 Å². The average Bonchev–Trinajstić information content (AvgIpc) is 3.11. The molecule has 1 atom stereocenters. The molecule has 0 fully saturated rings. The number of thiophene rings is 1. The molecule has 124 valence electrons. The first-order chi connectivity index (χ1) is 11.5. The minimum Gasteiger partial charge on any atom is -0.347 e. The maximum Gasteiger partial charge on any atom is 0.262 e. The Labute approximate surface area is 144 Å². The number of carbonyl (C=O) groups is 1. The third-order valence-electron chi connectivity index (χ3n) is 4.56. The van der Waals surface area contributed by atoms with Crippen molar-refractivity contribution in [3.05, 3.63) is 40.2 Å². The Kier molecular flexibility index (Phi) is 3.60. The molecule has 1 amide bonds. The number of nitrogens with one attached hydrogen (secondary N) is 1. The van der Waals surface area contributed by atoms with Crippen LogP contribution in [0.5, 0.6) is 0 Å². The van der Waals surface area contributed by atoms with Crippen molar-refractivity contribution in [3.8, 4) is 0 Å². The van der Waals surface area contributed by atoms with E-state index in [1.165, 1.54) is 11.3 Å². The van der Waals surface area contributed by atoms with Crippen LogP contribution < -0.4 is 5.32 Å². The third-order valence-corrected chi connectivity index (χ3v) is 5.74. The molecule has 0 radical (unpaired) electrons. The second-order valence-electron chi connectivity index (χ2n) is 6.30. The Balaban J connectivity index is 1.60. The highest BCUT2D eigenvalue weighted by Gasteiger charge is 2.24. The number of aryl methyl sites for hydroxylation is 4. The topological polar surface area (TPSA) is 72.7 Å². The molecular weight excluding hydrogens is 322 g/mol. The predicted molar refractivity (Wildman–Crippen MR) is 93.4 cm³/mol. The van der Waals surface area contributed by atoms with Gasteiger partial charge >= 0.3 is 0 Å². The zero-order chi connectivity index (χ0) is 16.8. The molecule has 1 aliphatic heterocycles. The largest absolute Gasteiger partial charge is 0.347 e. The predicted octanol–water partition coefficient (Wildman–Crippen LogP) is 2.56. The Morgan fingerprint density at radius 2 is 2.17 bits per heavy atom. The Hall–Kier alpha value is -2.28. The zero-order valence-electron chi connectivity index (χ0n) is 14.0. The fourth-order valence-corrected chi connectivity index (χ4v) is 4.61. The van der Waals surface area contributed by atoms with Crippen LogP contribution in [0.3, 0.4) is 0 Å². The number of hydrogen-bond acceptors (Lipinski definition) is 5. The Morgan fingerprint density at radius 3 is 3.00 bits per heavy atom. The highest BCUT2D eigenvalue weighted by atomic mass is 32.1. The third kappa shape index (κ3) is 2.49. The summed E-state index contributed by atoms with van der Waals surface area (Å²) in [7, 11) is 0. The highest BCUT2D eigenvalue weighted by Crippen LogP contribution is 2.31. The van der Waals surface area contributed by atoms with Crippen LogP contribution in [0.2, 0.25) is 0 Å². The van der Waals surface area contributed by atoms with E-state index in [4.69, 9.17) is 0 Å². The molecule has 0 spiro atoms. The van der Waals surface area contributed by atoms with E-state index < -0.39 is 0 Å². The fraction of sp³-hybridized carbons (Fsp3) is 0.412. The highest BCUT2D eigenvalue weighted by molar-refractivity contribution is 7.20. The van der Waals surface area contributed by atoms with E-state index in [9.17, 15) is 4.79 Å². The van der Waals surface area contributed by atoms with Crippen LogP contribution >= 0.6 is 11.3 Å². The van der Waals surface area contributed by atoms with Gasteiger partial charge in [-0.3, -0.25) is 4.79 Å². The van der Waals surface area contributed by atoms with Gasteiger partial charge in [0.2, 0.25) is 0 Å². The summed E-state index contributed by atoms with van der Waals surface area (Å²) in [6.07, 6.45) is 5.61. The molecule has 0 aliphatic carbocycles. The van der Waals surface area contributed by atoms with Gasteiger partial charge in [-0.25, -0.2) is 15.0 Å². The average molecular weight is 341 g/mol. The summed E-state index contributed by atoms with van der Waals surface area (Å²) in [5.74, 6) is 1.83. The van der Waals surface area contributed by atoms with Crippen LogP contribution in [-0.4, -0.2) is 31.5 Å². The van der Waals surface area contributed by atoms with Gasteiger partial charge in [0.15, 0.2) is 0 Å². The van der Waals surface area contributed by atoms with Crippen molar-refractivity contribution >= 4 is 27.5 Å². The van der Waals surface area contributed by atoms with Gasteiger partial charge in [-0.2, -0.15) is 0 Å². The summed E-state index contributed by atoms with van der Waals surface area (Å²) in [5.41, 5.74) is 1.91. The standard InChI is InChI=1S/C17H19N5OS/c1-9-14-10(2)19-11(3)20-17(14)24-15(9)16(23)21-12-4-5-13-18-6-7-22(13)8-12/h6-7,12H,4-5,8H2,1-3H3,(H,21,23)/t12-/m0/s1. The summed E-state index contributed by atoms with van der Waals surface area (Å²) in [5, 5.41) is 4.19. The molecular formula is C17H19N5OS. The summed E-state index contributed by atoms with van der Waals surface area (Å²) in [6.45, 7) is 6.61. The van der Waals surface area contributed by atoms with Crippen LogP contribution in [0.1, 0.15) is 39.0 Å². The fourth-order valence-electron chi connectivity index (χ4n) is 3.43. The Morgan fingerprint density at radius 1 is 1.33 bits per heavy atom. The van der Waals surface area contributed by atoms with Gasteiger partial charge in [0, 0.05) is 42.5 Å². The van der Waals surface area contributed by atoms with Crippen molar-refractivity contribution in [3.63, 3.8) is 0 Å². The lowest BCUT2D eigenvalue weighted by Gasteiger charge is -2.24. The molecule has 0 unspecified atom stereocenters. The molecule has 1 N–H and O–H groups in total. The molecule has 0 bridgehead atoms. The van der Waals surface area contributed by atoms with Crippen LogP contribution in [0, 0.1) is 20.8 Å². The van der Waals surface area contributed by atoms with E-state index in [1.54, 1.807) is 0 Å². The molecule has 7 heteroatoms. The van der Waals surface area contributed by atoms with Crippen molar-refractivity contribution in [2.75, 3.05) is 0 Å². The molecule has 3 aromatic heterocycles. The van der Waals surface area contributed by atoms with Crippen LogP contribution in [0.25, 0.3) is 10.2 Å². The van der Waals surface area contributed by atoms with Gasteiger partial charge in [0.25, 0.3) is 5.91 Å². The quantitative estimate of drug-likeness (QED) is 0.777. The van der Waals surface area contributed by atoms with Crippen LogP contribution in [0.15, 0.2) is 12.4 Å². The normalized spacial score (nSPS) is 17.0. The van der Waals surface area contributed by atoms with E-state index in [0.717, 1.165) is 57.4 Å². The molecule has 4 rings (SSSR count). The first-order valence-electron chi connectivity index (χ1n) is 8.08. The van der Waals surface area contributed by atoms with Crippen molar-refractivity contribution in [2.24, 2.45) is 0 Å². The van der Waals surface area contributed by atoms with Gasteiger partial charge < -0.3 is 9.88 Å². The smallest absolute Gasteiger partial charge is 0.262 e. The first kappa shape index (κ1) is 15.3. The van der Waals surface area contributed by atoms with Crippen molar-refractivity contribution in [1.82, 2.24) is 24.8 Å². The van der Waals surface area contributed by atoms with Gasteiger partial charge in [-0.15, -0.1) is 11.3 Å². The Bertz CT molecular complexity index is 942. The van der Waals surface area contributed by atoms with E-state index in [0.29, 0.717) is 0 Å². The number of nitrogens with zero attached hydrogens (tertiary/aromatic N) is 4. The second kappa shape index (κ2) is 5.66. The van der Waals surface area contributed by atoms with E-state index in [-0.39, 0.29) is 11.9 Å². The van der Waals surface area contributed by atoms with E-state index in [1.807, 2.05) is 33.2 Å². The molecule has 0 saturated heterocycles. The number of carbonyl (C=O) groups excluding carboxylic acids is 1. The maximum absolute atomic E-state index is 12.8. The molecule has 0 aromatic carbocycles. The molecule has 4 heterocycles. The van der Waals surface area contributed by atoms with Crippen LogP contribution in [0.4, 0.5) is 0 Å². The number of amides is 1. The van der Waals surface area contributed by atoms with E-state index in [2.05, 4.69) is 24.8 Å². The molecule has 6 nitrogen and oxygen atoms in total. The van der Waals surface area contributed by atoms with Crippen molar-refractivity contribution in [2.45, 2.75) is 46.2 Å². The molecule has 0 saturated carbocycles. The number of rotatable bonds is 2. The number of fused-ring (bicyclic) bond motifs is 2. The second-order valence-corrected chi connectivity index (χ2v) is 7.30. The zero-order valence-corrected chi connectivity index (χ0v) is 14.8. The lowest BCUT2D eigenvalue weighted by molar-refractivity contribution is 0.0931. The van der Waals surface area contributed by atoms with Crippen molar-refractivity contribution in [1.29, 1.82) is 0 Å². The summed E-state index contributed by atoms with van der Waals surface area (Å²) in [6, 6.07) is 0.137. The van der Waals surface area contributed by atoms with Crippen LogP contribution in [-0.2, 0) is 13.0 Å². The SMILES string of the molecule is Cc1nc(C)c2c(C)c(C(=O)N[C@H]3CCc4nccn4C3)sc2n1. The van der Waals surface area contributed by atoms with E-state index >= 15 is 0 Å². The number of hydrogen-bond donors (Lipinski definition) is 1.